The number of sulfonamides is 1. The molecule has 2 aromatic carbocycles. The van der Waals surface area contributed by atoms with Gasteiger partial charge < -0.3 is 15.0 Å². The predicted molar refractivity (Wildman–Crippen MR) is 156 cm³/mol. The number of fused-ring (bicyclic) bond motifs is 1. The zero-order chi connectivity index (χ0) is 27.7. The first-order chi connectivity index (χ1) is 18.6. The number of ether oxygens (including phenoxy) is 1. The lowest BCUT2D eigenvalue weighted by atomic mass is 10.0. The Hall–Kier alpha value is -3.11. The summed E-state index contributed by atoms with van der Waals surface area (Å²) in [4.78, 5) is 18.9. The van der Waals surface area contributed by atoms with Crippen LogP contribution in [0.3, 0.4) is 0 Å². The second kappa shape index (κ2) is 11.2. The van der Waals surface area contributed by atoms with Crippen molar-refractivity contribution in [3.8, 4) is 0 Å². The number of aromatic amines is 1. The number of aromatic nitrogens is 1. The van der Waals surface area contributed by atoms with Gasteiger partial charge in [0, 0.05) is 42.1 Å². The van der Waals surface area contributed by atoms with Gasteiger partial charge in [-0.15, -0.1) is 0 Å². The highest BCUT2D eigenvalue weighted by Gasteiger charge is 2.29. The van der Waals surface area contributed by atoms with Crippen LogP contribution in [0.1, 0.15) is 34.5 Å². The monoisotopic (exact) mass is 568 g/mol. The molecular weight excluding hydrogens is 536 g/mol. The molecule has 1 amide bonds. The molecule has 0 unspecified atom stereocenters. The number of hydrogen-bond acceptors (Lipinski definition) is 5. The molecule has 10 heteroatoms. The van der Waals surface area contributed by atoms with Crippen LogP contribution < -0.4 is 9.62 Å². The fourth-order valence-corrected chi connectivity index (χ4v) is 6.63. The standard InChI is InChI=1S/C29H33ClN4O4S/c1-19-24(8-5-11-34-12-14-38-15-13-34)20(2)31-27(19)18-26-25-10-9-23(17-28(25)32-29(26)35)39(36,37)33(3)22-7-4-6-21(30)16-22/h4,6-7,9-10,16-18,31H,5,8,11-15H2,1-3H3,(H,32,35). The Bertz CT molecular complexity index is 1540. The molecule has 1 saturated heterocycles. The summed E-state index contributed by atoms with van der Waals surface area (Å²) in [6, 6.07) is 11.4. The van der Waals surface area contributed by atoms with E-state index in [-0.39, 0.29) is 10.8 Å². The number of morpholine rings is 1. The molecule has 2 aliphatic heterocycles. The molecule has 1 fully saturated rings. The largest absolute Gasteiger partial charge is 0.379 e. The Balaban J connectivity index is 1.36. The molecule has 39 heavy (non-hydrogen) atoms. The quantitative estimate of drug-likeness (QED) is 0.378. The van der Waals surface area contributed by atoms with Gasteiger partial charge in [0.1, 0.15) is 0 Å². The Morgan fingerprint density at radius 3 is 2.64 bits per heavy atom. The lowest BCUT2D eigenvalue weighted by Crippen LogP contribution is -2.36. The van der Waals surface area contributed by atoms with E-state index in [2.05, 4.69) is 29.0 Å². The molecular formula is C29H33ClN4O4S. The fourth-order valence-electron chi connectivity index (χ4n) is 5.23. The van der Waals surface area contributed by atoms with Gasteiger partial charge in [0.05, 0.1) is 35.1 Å². The molecule has 0 saturated carbocycles. The molecule has 0 atom stereocenters. The highest BCUT2D eigenvalue weighted by molar-refractivity contribution is 7.92. The minimum Gasteiger partial charge on any atom is -0.379 e. The molecule has 2 N–H and O–H groups in total. The van der Waals surface area contributed by atoms with Crippen LogP contribution >= 0.6 is 11.6 Å². The van der Waals surface area contributed by atoms with Crippen LogP contribution in [0.2, 0.25) is 5.02 Å². The Kier molecular flexibility index (Phi) is 7.87. The van der Waals surface area contributed by atoms with Crippen LogP contribution in [-0.4, -0.2) is 64.1 Å². The van der Waals surface area contributed by atoms with Crippen LogP contribution in [0.4, 0.5) is 11.4 Å². The van der Waals surface area contributed by atoms with E-state index in [9.17, 15) is 13.2 Å². The van der Waals surface area contributed by atoms with Gasteiger partial charge in [0.25, 0.3) is 15.9 Å². The Morgan fingerprint density at radius 1 is 1.13 bits per heavy atom. The third kappa shape index (κ3) is 5.63. The van der Waals surface area contributed by atoms with Gasteiger partial charge in [0.2, 0.25) is 0 Å². The molecule has 2 aliphatic rings. The summed E-state index contributed by atoms with van der Waals surface area (Å²) in [5.41, 5.74) is 6.50. The highest BCUT2D eigenvalue weighted by atomic mass is 35.5. The maximum Gasteiger partial charge on any atom is 0.264 e. The smallest absolute Gasteiger partial charge is 0.264 e. The van der Waals surface area contributed by atoms with Gasteiger partial charge in [-0.3, -0.25) is 14.0 Å². The van der Waals surface area contributed by atoms with E-state index >= 15 is 0 Å². The van der Waals surface area contributed by atoms with E-state index in [1.807, 2.05) is 6.08 Å². The molecule has 1 aromatic heterocycles. The number of carbonyl (C=O) groups is 1. The molecule has 3 aromatic rings. The number of amides is 1. The van der Waals surface area contributed by atoms with Crippen molar-refractivity contribution in [2.75, 3.05) is 49.5 Å². The number of anilines is 2. The van der Waals surface area contributed by atoms with Gasteiger partial charge in [-0.25, -0.2) is 8.42 Å². The molecule has 3 heterocycles. The van der Waals surface area contributed by atoms with Crippen molar-refractivity contribution < 1.29 is 17.9 Å². The first-order valence-electron chi connectivity index (χ1n) is 13.1. The third-order valence-electron chi connectivity index (χ3n) is 7.53. The third-order valence-corrected chi connectivity index (χ3v) is 9.55. The van der Waals surface area contributed by atoms with Crippen molar-refractivity contribution in [3.05, 3.63) is 75.6 Å². The summed E-state index contributed by atoms with van der Waals surface area (Å²) in [5, 5.41) is 3.28. The SMILES string of the molecule is Cc1[nH]c(C=C2C(=O)Nc3cc(S(=O)(=O)N(C)c4cccc(Cl)c4)ccc32)c(C)c1CCCN1CCOCC1. The van der Waals surface area contributed by atoms with Crippen LogP contribution in [0.5, 0.6) is 0 Å². The molecule has 0 radical (unpaired) electrons. The first-order valence-corrected chi connectivity index (χ1v) is 14.9. The van der Waals surface area contributed by atoms with Crippen LogP contribution in [0, 0.1) is 13.8 Å². The Labute approximate surface area is 234 Å². The summed E-state index contributed by atoms with van der Waals surface area (Å²) in [6.45, 7) is 8.75. The van der Waals surface area contributed by atoms with Crippen molar-refractivity contribution in [1.82, 2.24) is 9.88 Å². The minimum absolute atomic E-state index is 0.0831. The molecule has 8 nitrogen and oxygen atoms in total. The maximum absolute atomic E-state index is 13.3. The number of aryl methyl sites for hydroxylation is 1. The maximum atomic E-state index is 13.3. The predicted octanol–water partition coefficient (Wildman–Crippen LogP) is 4.87. The average molecular weight is 569 g/mol. The van der Waals surface area contributed by atoms with E-state index in [4.69, 9.17) is 16.3 Å². The molecule has 5 rings (SSSR count). The number of nitrogens with one attached hydrogen (secondary N) is 2. The van der Waals surface area contributed by atoms with E-state index in [0.717, 1.165) is 62.6 Å². The number of hydrogen-bond donors (Lipinski definition) is 2. The lowest BCUT2D eigenvalue weighted by molar-refractivity contribution is -0.110. The summed E-state index contributed by atoms with van der Waals surface area (Å²) in [7, 11) is -2.38. The van der Waals surface area contributed by atoms with E-state index in [1.165, 1.54) is 29.0 Å². The fraction of sp³-hybridized carbons (Fsp3) is 0.345. The van der Waals surface area contributed by atoms with Gasteiger partial charge in [-0.05, 0) is 80.8 Å². The van der Waals surface area contributed by atoms with Gasteiger partial charge in [-0.1, -0.05) is 23.7 Å². The molecule has 206 valence electrons. The van der Waals surface area contributed by atoms with Crippen molar-refractivity contribution >= 4 is 50.6 Å². The topological polar surface area (TPSA) is 94.7 Å². The number of rotatable bonds is 8. The van der Waals surface area contributed by atoms with Gasteiger partial charge in [-0.2, -0.15) is 0 Å². The van der Waals surface area contributed by atoms with Crippen molar-refractivity contribution in [1.29, 1.82) is 0 Å². The van der Waals surface area contributed by atoms with Crippen molar-refractivity contribution in [3.63, 3.8) is 0 Å². The zero-order valence-corrected chi connectivity index (χ0v) is 24.0. The molecule has 0 bridgehead atoms. The normalized spacial score (nSPS) is 16.9. The summed E-state index contributed by atoms with van der Waals surface area (Å²) in [6.07, 6.45) is 3.87. The summed E-state index contributed by atoms with van der Waals surface area (Å²) in [5.74, 6) is -0.261. The molecule has 0 spiro atoms. The number of H-pyrrole nitrogens is 1. The summed E-state index contributed by atoms with van der Waals surface area (Å²) >= 11 is 6.06. The van der Waals surface area contributed by atoms with Crippen molar-refractivity contribution in [2.24, 2.45) is 0 Å². The van der Waals surface area contributed by atoms with E-state index < -0.39 is 10.0 Å². The minimum atomic E-state index is -3.86. The number of benzene rings is 2. The van der Waals surface area contributed by atoms with Crippen molar-refractivity contribution in [2.45, 2.75) is 31.6 Å². The van der Waals surface area contributed by atoms with Gasteiger partial charge >= 0.3 is 0 Å². The second-order valence-electron chi connectivity index (χ2n) is 10.00. The molecule has 0 aliphatic carbocycles. The first kappa shape index (κ1) is 27.5. The van der Waals surface area contributed by atoms with Crippen LogP contribution in [0.15, 0.2) is 47.4 Å². The Morgan fingerprint density at radius 2 is 1.90 bits per heavy atom. The van der Waals surface area contributed by atoms with Crippen LogP contribution in [-0.2, 0) is 26.0 Å². The van der Waals surface area contributed by atoms with Gasteiger partial charge in [0.15, 0.2) is 0 Å². The number of carbonyl (C=O) groups excluding carboxylic acids is 1. The highest BCUT2D eigenvalue weighted by Crippen LogP contribution is 2.36. The zero-order valence-electron chi connectivity index (χ0n) is 22.4. The van der Waals surface area contributed by atoms with E-state index in [1.54, 1.807) is 30.3 Å². The average Bonchev–Trinajstić information content (AvgIpc) is 3.38. The van der Waals surface area contributed by atoms with Crippen LogP contribution in [0.25, 0.3) is 11.6 Å². The van der Waals surface area contributed by atoms with E-state index in [0.29, 0.717) is 27.5 Å². The summed E-state index contributed by atoms with van der Waals surface area (Å²) < 4.78 is 33.2. The second-order valence-corrected chi connectivity index (χ2v) is 12.4. The number of nitrogens with zero attached hydrogens (tertiary/aromatic N) is 2. The lowest BCUT2D eigenvalue weighted by Gasteiger charge is -2.26. The number of halogens is 1.